The summed E-state index contributed by atoms with van der Waals surface area (Å²) >= 11 is 0. The topological polar surface area (TPSA) is 74.9 Å². The van der Waals surface area contributed by atoms with Crippen LogP contribution in [0.4, 0.5) is 5.69 Å². The lowest BCUT2D eigenvalue weighted by molar-refractivity contribution is -0.0289. The number of pyridine rings is 1. The molecule has 1 aliphatic heterocycles. The van der Waals surface area contributed by atoms with Gasteiger partial charge in [0.1, 0.15) is 5.60 Å². The molecule has 3 aliphatic rings. The van der Waals surface area contributed by atoms with Gasteiger partial charge in [0, 0.05) is 11.6 Å². The van der Waals surface area contributed by atoms with Gasteiger partial charge in [0.25, 0.3) is 0 Å². The lowest BCUT2D eigenvalue weighted by Crippen LogP contribution is -2.25. The predicted octanol–water partition coefficient (Wildman–Crippen LogP) is 4.06. The smallest absolute Gasteiger partial charge is 0.157 e. The van der Waals surface area contributed by atoms with E-state index in [1.54, 1.807) is 0 Å². The Hall–Kier alpha value is -2.08. The number of aryl methyl sites for hydroxylation is 1. The van der Waals surface area contributed by atoms with Crippen molar-refractivity contribution in [2.24, 2.45) is 0 Å². The van der Waals surface area contributed by atoms with Crippen molar-refractivity contribution in [3.63, 3.8) is 0 Å². The molecule has 0 amide bonds. The van der Waals surface area contributed by atoms with Crippen molar-refractivity contribution < 1.29 is 4.84 Å². The molecule has 3 N–H and O–H groups in total. The number of hydrogen-bond donors (Lipinski definition) is 3. The number of fused-ring (bicyclic) bond motifs is 1. The Morgan fingerprint density at radius 2 is 2.04 bits per heavy atom. The van der Waals surface area contributed by atoms with Crippen LogP contribution in [0, 0.1) is 0 Å². The summed E-state index contributed by atoms with van der Waals surface area (Å²) in [5.41, 5.74) is 8.46. The summed E-state index contributed by atoms with van der Waals surface area (Å²) in [6.45, 7) is 2.16. The van der Waals surface area contributed by atoms with Crippen molar-refractivity contribution in [2.45, 2.75) is 76.4 Å². The van der Waals surface area contributed by atoms with Crippen LogP contribution in [0.25, 0.3) is 16.7 Å². The second kappa shape index (κ2) is 6.27. The first-order chi connectivity index (χ1) is 12.8. The molecule has 6 heteroatoms. The fourth-order valence-corrected chi connectivity index (χ4v) is 4.81. The molecule has 3 heterocycles. The highest BCUT2D eigenvalue weighted by Gasteiger charge is 2.39. The summed E-state index contributed by atoms with van der Waals surface area (Å²) in [5.74, 6) is 0. The molecule has 2 fully saturated rings. The first-order valence-corrected chi connectivity index (χ1v) is 10.1. The average Bonchev–Trinajstić information content (AvgIpc) is 3.44. The Balaban J connectivity index is 1.64. The minimum Gasteiger partial charge on any atom is -0.381 e. The maximum absolute atomic E-state index is 6.06. The zero-order valence-corrected chi connectivity index (χ0v) is 15.4. The van der Waals surface area contributed by atoms with Gasteiger partial charge in [0.2, 0.25) is 0 Å². The summed E-state index contributed by atoms with van der Waals surface area (Å²) in [5, 5.41) is 12.2. The summed E-state index contributed by atoms with van der Waals surface area (Å²) in [4.78, 5) is 10.9. The number of aromatic nitrogens is 3. The van der Waals surface area contributed by atoms with Crippen molar-refractivity contribution in [1.82, 2.24) is 20.7 Å². The molecule has 2 aliphatic carbocycles. The lowest BCUT2D eigenvalue weighted by atomic mass is 9.97. The Morgan fingerprint density at radius 3 is 2.81 bits per heavy atom. The van der Waals surface area contributed by atoms with Crippen LogP contribution in [0.2, 0.25) is 0 Å². The van der Waals surface area contributed by atoms with E-state index in [-0.39, 0.29) is 5.60 Å². The number of aromatic amines is 1. The van der Waals surface area contributed by atoms with Gasteiger partial charge in [-0.15, -0.1) is 0 Å². The molecule has 2 saturated carbocycles. The molecule has 2 aromatic rings. The number of anilines is 1. The van der Waals surface area contributed by atoms with Gasteiger partial charge < -0.3 is 5.32 Å². The Kier molecular flexibility index (Phi) is 3.89. The molecule has 1 spiro atoms. The van der Waals surface area contributed by atoms with Gasteiger partial charge in [-0.1, -0.05) is 32.6 Å². The SMILES string of the molecule is CCc1nc2[nH]ncc2c(NC2CCCC2)c1C1=CC2(CCCC2)ON1. The number of H-pyrrole nitrogens is 1. The molecule has 0 radical (unpaired) electrons. The van der Waals surface area contributed by atoms with Gasteiger partial charge >= 0.3 is 0 Å². The van der Waals surface area contributed by atoms with Gasteiger partial charge in [0.05, 0.1) is 28.7 Å². The number of nitrogens with one attached hydrogen (secondary N) is 3. The molecule has 138 valence electrons. The predicted molar refractivity (Wildman–Crippen MR) is 103 cm³/mol. The van der Waals surface area contributed by atoms with Gasteiger partial charge in [-0.25, -0.2) is 4.98 Å². The maximum atomic E-state index is 6.06. The van der Waals surface area contributed by atoms with E-state index in [4.69, 9.17) is 9.82 Å². The fraction of sp³-hybridized carbons (Fsp3) is 0.600. The lowest BCUT2D eigenvalue weighted by Gasteiger charge is -2.20. The molecular weight excluding hydrogens is 326 g/mol. The third-order valence-electron chi connectivity index (χ3n) is 6.20. The van der Waals surface area contributed by atoms with E-state index in [9.17, 15) is 0 Å². The fourth-order valence-electron chi connectivity index (χ4n) is 4.81. The third-order valence-corrected chi connectivity index (χ3v) is 6.20. The van der Waals surface area contributed by atoms with Crippen LogP contribution in [-0.2, 0) is 11.3 Å². The summed E-state index contributed by atoms with van der Waals surface area (Å²) < 4.78 is 0. The minimum atomic E-state index is -0.129. The van der Waals surface area contributed by atoms with Crippen molar-refractivity contribution in [3.8, 4) is 0 Å². The first kappa shape index (κ1) is 16.1. The van der Waals surface area contributed by atoms with Gasteiger partial charge in [-0.05, 0) is 38.2 Å². The standard InChI is InChI=1S/C20H27N5O/c1-2-15-17(16-11-20(26-25-16)9-5-6-10-20)18(22-13-7-3-4-8-13)14-12-21-24-19(14)23-15/h11-13,25H,2-10H2,1H3,(H2,21,22,23,24). The van der Waals surface area contributed by atoms with Crippen LogP contribution in [0.5, 0.6) is 0 Å². The van der Waals surface area contributed by atoms with E-state index in [1.807, 2.05) is 6.20 Å². The first-order valence-electron chi connectivity index (χ1n) is 10.1. The second-order valence-electron chi connectivity index (χ2n) is 7.95. The van der Waals surface area contributed by atoms with Crippen LogP contribution in [0.1, 0.15) is 69.5 Å². The zero-order valence-electron chi connectivity index (χ0n) is 15.4. The van der Waals surface area contributed by atoms with Gasteiger partial charge in [-0.3, -0.25) is 15.4 Å². The molecular formula is C20H27N5O. The summed E-state index contributed by atoms with van der Waals surface area (Å²) in [6, 6.07) is 0.530. The Morgan fingerprint density at radius 1 is 1.23 bits per heavy atom. The van der Waals surface area contributed by atoms with E-state index in [1.165, 1.54) is 38.5 Å². The largest absolute Gasteiger partial charge is 0.381 e. The van der Waals surface area contributed by atoms with E-state index >= 15 is 0 Å². The number of rotatable bonds is 4. The minimum absolute atomic E-state index is 0.129. The highest BCUT2D eigenvalue weighted by molar-refractivity contribution is 5.96. The number of hydroxylamine groups is 1. The number of nitrogens with zero attached hydrogens (tertiary/aromatic N) is 2. The van der Waals surface area contributed by atoms with Crippen LogP contribution < -0.4 is 10.8 Å². The quantitative estimate of drug-likeness (QED) is 0.773. The Bertz CT molecular complexity index is 843. The van der Waals surface area contributed by atoms with Gasteiger partial charge in [-0.2, -0.15) is 5.10 Å². The zero-order chi connectivity index (χ0) is 17.6. The highest BCUT2D eigenvalue weighted by atomic mass is 16.7. The van der Waals surface area contributed by atoms with Crippen molar-refractivity contribution in [1.29, 1.82) is 0 Å². The van der Waals surface area contributed by atoms with Crippen LogP contribution >= 0.6 is 0 Å². The third kappa shape index (κ3) is 2.58. The molecule has 0 saturated heterocycles. The maximum Gasteiger partial charge on any atom is 0.157 e. The molecule has 0 atom stereocenters. The van der Waals surface area contributed by atoms with Crippen molar-refractivity contribution in [2.75, 3.05) is 5.32 Å². The monoisotopic (exact) mass is 353 g/mol. The van der Waals surface area contributed by atoms with E-state index < -0.39 is 0 Å². The van der Waals surface area contributed by atoms with E-state index in [2.05, 4.69) is 34.0 Å². The van der Waals surface area contributed by atoms with Crippen molar-refractivity contribution >= 4 is 22.4 Å². The summed E-state index contributed by atoms with van der Waals surface area (Å²) in [7, 11) is 0. The normalized spacial score (nSPS) is 22.3. The van der Waals surface area contributed by atoms with Crippen molar-refractivity contribution in [3.05, 3.63) is 23.5 Å². The molecule has 2 aromatic heterocycles. The Labute approximate surface area is 153 Å². The molecule has 0 aromatic carbocycles. The molecule has 0 bridgehead atoms. The molecule has 0 unspecified atom stereocenters. The van der Waals surface area contributed by atoms with Gasteiger partial charge in [0.15, 0.2) is 5.65 Å². The van der Waals surface area contributed by atoms with Crippen LogP contribution in [-0.4, -0.2) is 26.8 Å². The second-order valence-corrected chi connectivity index (χ2v) is 7.95. The average molecular weight is 353 g/mol. The summed E-state index contributed by atoms with van der Waals surface area (Å²) in [6.07, 6.45) is 14.8. The molecule has 5 rings (SSSR count). The van der Waals surface area contributed by atoms with Crippen LogP contribution in [0.15, 0.2) is 12.3 Å². The van der Waals surface area contributed by atoms with Crippen LogP contribution in [0.3, 0.4) is 0 Å². The molecule has 26 heavy (non-hydrogen) atoms. The highest BCUT2D eigenvalue weighted by Crippen LogP contribution is 2.42. The number of hydrogen-bond acceptors (Lipinski definition) is 5. The van der Waals surface area contributed by atoms with E-state index in [0.29, 0.717) is 6.04 Å². The van der Waals surface area contributed by atoms with E-state index in [0.717, 1.165) is 52.9 Å². The molecule has 6 nitrogen and oxygen atoms in total.